The molecule has 0 aliphatic carbocycles. The highest BCUT2D eigenvalue weighted by Crippen LogP contribution is 2.29. The Morgan fingerprint density at radius 2 is 2.22 bits per heavy atom. The van der Waals surface area contributed by atoms with Crippen LogP contribution >= 0.6 is 15.9 Å². The van der Waals surface area contributed by atoms with E-state index in [0.717, 1.165) is 23.1 Å². The molecule has 0 radical (unpaired) electrons. The van der Waals surface area contributed by atoms with Crippen molar-refractivity contribution in [3.63, 3.8) is 0 Å². The third-order valence-electron chi connectivity index (χ3n) is 3.51. The summed E-state index contributed by atoms with van der Waals surface area (Å²) in [6.45, 7) is 1.32. The van der Waals surface area contributed by atoms with Gasteiger partial charge in [-0.25, -0.2) is 0 Å². The second-order valence-electron chi connectivity index (χ2n) is 4.75. The van der Waals surface area contributed by atoms with Crippen LogP contribution in [0.5, 0.6) is 0 Å². The highest BCUT2D eigenvalue weighted by molar-refractivity contribution is 9.09. The number of hydrogen-bond acceptors (Lipinski definition) is 2. The Labute approximate surface area is 113 Å². The van der Waals surface area contributed by atoms with E-state index in [4.69, 9.17) is 0 Å². The fourth-order valence-corrected chi connectivity index (χ4v) is 2.94. The lowest BCUT2D eigenvalue weighted by molar-refractivity contribution is -0.117. The molecule has 1 fully saturated rings. The standard InChI is InChI=1S/C13H13BrN2O2/c14-5-8-3-12(17)16(7-8)10-2-1-9-6-15-13(18)11(9)4-10/h1-2,4,8H,3,5-7H2,(H,15,18). The SMILES string of the molecule is O=C1NCc2ccc(N3CC(CBr)CC3=O)cc21. The van der Waals surface area contributed by atoms with Gasteiger partial charge < -0.3 is 10.2 Å². The molecule has 2 heterocycles. The van der Waals surface area contributed by atoms with E-state index < -0.39 is 0 Å². The summed E-state index contributed by atoms with van der Waals surface area (Å²) in [5.74, 6) is 0.452. The number of rotatable bonds is 2. The Kier molecular flexibility index (Phi) is 2.86. The minimum atomic E-state index is -0.0458. The second-order valence-corrected chi connectivity index (χ2v) is 5.40. The number of nitrogens with zero attached hydrogens (tertiary/aromatic N) is 1. The van der Waals surface area contributed by atoms with Gasteiger partial charge in [0.05, 0.1) is 0 Å². The summed E-state index contributed by atoms with van der Waals surface area (Å²) >= 11 is 3.42. The van der Waals surface area contributed by atoms with Gasteiger partial charge in [0, 0.05) is 36.1 Å². The Hall–Kier alpha value is -1.36. The molecule has 0 aromatic heterocycles. The van der Waals surface area contributed by atoms with Crippen molar-refractivity contribution in [3.8, 4) is 0 Å². The molecule has 5 heteroatoms. The van der Waals surface area contributed by atoms with Gasteiger partial charge in [-0.3, -0.25) is 9.59 Å². The largest absolute Gasteiger partial charge is 0.348 e. The van der Waals surface area contributed by atoms with E-state index in [1.165, 1.54) is 0 Å². The first-order chi connectivity index (χ1) is 8.69. The molecule has 0 spiro atoms. The summed E-state index contributed by atoms with van der Waals surface area (Å²) in [6, 6.07) is 5.68. The quantitative estimate of drug-likeness (QED) is 0.845. The van der Waals surface area contributed by atoms with Crippen molar-refractivity contribution in [2.24, 2.45) is 5.92 Å². The number of nitrogens with one attached hydrogen (secondary N) is 1. The van der Waals surface area contributed by atoms with E-state index in [1.807, 2.05) is 18.2 Å². The molecule has 0 saturated carbocycles. The van der Waals surface area contributed by atoms with E-state index in [9.17, 15) is 9.59 Å². The molecule has 2 aliphatic rings. The van der Waals surface area contributed by atoms with Crippen LogP contribution in [-0.2, 0) is 11.3 Å². The van der Waals surface area contributed by atoms with Crippen LogP contribution in [0.4, 0.5) is 5.69 Å². The number of carbonyl (C=O) groups is 2. The normalized spacial score (nSPS) is 22.3. The minimum Gasteiger partial charge on any atom is -0.348 e. The van der Waals surface area contributed by atoms with E-state index >= 15 is 0 Å². The number of fused-ring (bicyclic) bond motifs is 1. The highest BCUT2D eigenvalue weighted by atomic mass is 79.9. The smallest absolute Gasteiger partial charge is 0.251 e. The van der Waals surface area contributed by atoms with E-state index in [0.29, 0.717) is 24.4 Å². The van der Waals surface area contributed by atoms with Crippen molar-refractivity contribution >= 4 is 33.4 Å². The monoisotopic (exact) mass is 308 g/mol. The third-order valence-corrected chi connectivity index (χ3v) is 4.43. The van der Waals surface area contributed by atoms with Gasteiger partial charge in [0.1, 0.15) is 0 Å². The van der Waals surface area contributed by atoms with Crippen molar-refractivity contribution < 1.29 is 9.59 Å². The first-order valence-corrected chi connectivity index (χ1v) is 7.08. The maximum absolute atomic E-state index is 11.9. The summed E-state index contributed by atoms with van der Waals surface area (Å²) in [6.07, 6.45) is 0.578. The zero-order valence-electron chi connectivity index (χ0n) is 9.78. The molecule has 4 nitrogen and oxygen atoms in total. The van der Waals surface area contributed by atoms with E-state index in [-0.39, 0.29) is 11.8 Å². The van der Waals surface area contributed by atoms with Crippen LogP contribution in [-0.4, -0.2) is 23.7 Å². The topological polar surface area (TPSA) is 49.4 Å². The first-order valence-electron chi connectivity index (χ1n) is 5.96. The second kappa shape index (κ2) is 4.39. The third kappa shape index (κ3) is 1.82. The molecule has 2 amide bonds. The summed E-state index contributed by atoms with van der Waals surface area (Å²) in [4.78, 5) is 25.3. The molecule has 0 bridgehead atoms. The molecule has 3 rings (SSSR count). The van der Waals surface area contributed by atoms with E-state index in [1.54, 1.807) is 4.90 Å². The Balaban J connectivity index is 1.92. The zero-order valence-corrected chi connectivity index (χ0v) is 11.4. The molecule has 94 valence electrons. The van der Waals surface area contributed by atoms with Gasteiger partial charge in [-0.2, -0.15) is 0 Å². The van der Waals surface area contributed by atoms with Crippen LogP contribution in [0.3, 0.4) is 0 Å². The molecule has 1 aromatic carbocycles. The van der Waals surface area contributed by atoms with Crippen LogP contribution in [0, 0.1) is 5.92 Å². The van der Waals surface area contributed by atoms with Crippen molar-refractivity contribution in [1.82, 2.24) is 5.32 Å². The van der Waals surface area contributed by atoms with Gasteiger partial charge in [-0.1, -0.05) is 22.0 Å². The number of anilines is 1. The molecule has 1 saturated heterocycles. The molecular weight excluding hydrogens is 296 g/mol. The predicted octanol–water partition coefficient (Wildman–Crippen LogP) is 1.68. The van der Waals surface area contributed by atoms with Gasteiger partial charge >= 0.3 is 0 Å². The number of hydrogen-bond donors (Lipinski definition) is 1. The molecule has 1 aromatic rings. The molecule has 18 heavy (non-hydrogen) atoms. The molecular formula is C13H13BrN2O2. The highest BCUT2D eigenvalue weighted by Gasteiger charge is 2.31. The fourth-order valence-electron chi connectivity index (χ4n) is 2.50. The van der Waals surface area contributed by atoms with Crippen molar-refractivity contribution in [2.45, 2.75) is 13.0 Å². The lowest BCUT2D eigenvalue weighted by Gasteiger charge is -2.17. The average molecular weight is 309 g/mol. The minimum absolute atomic E-state index is 0.0458. The van der Waals surface area contributed by atoms with Crippen LogP contribution in [0.25, 0.3) is 0 Å². The molecule has 1 unspecified atom stereocenters. The maximum Gasteiger partial charge on any atom is 0.251 e. The number of amides is 2. The van der Waals surface area contributed by atoms with Crippen LogP contribution in [0.2, 0.25) is 0 Å². The zero-order chi connectivity index (χ0) is 12.7. The Morgan fingerprint density at radius 3 is 2.94 bits per heavy atom. The molecule has 1 atom stereocenters. The van der Waals surface area contributed by atoms with Gasteiger partial charge in [0.15, 0.2) is 0 Å². The Morgan fingerprint density at radius 1 is 1.39 bits per heavy atom. The van der Waals surface area contributed by atoms with Gasteiger partial charge in [-0.15, -0.1) is 0 Å². The van der Waals surface area contributed by atoms with Crippen molar-refractivity contribution in [2.75, 3.05) is 16.8 Å². The molecule has 2 aliphatic heterocycles. The van der Waals surface area contributed by atoms with Gasteiger partial charge in [0.2, 0.25) is 5.91 Å². The summed E-state index contributed by atoms with van der Waals surface area (Å²) < 4.78 is 0. The number of carbonyl (C=O) groups excluding carboxylic acids is 2. The van der Waals surface area contributed by atoms with Crippen LogP contribution < -0.4 is 10.2 Å². The Bertz CT molecular complexity index is 530. The first kappa shape index (κ1) is 11.7. The van der Waals surface area contributed by atoms with Crippen LogP contribution in [0.15, 0.2) is 18.2 Å². The summed E-state index contributed by atoms with van der Waals surface area (Å²) in [5.41, 5.74) is 2.54. The fraction of sp³-hybridized carbons (Fsp3) is 0.385. The maximum atomic E-state index is 11.9. The lowest BCUT2D eigenvalue weighted by Crippen LogP contribution is -2.25. The van der Waals surface area contributed by atoms with Crippen LogP contribution in [0.1, 0.15) is 22.3 Å². The number of benzene rings is 1. The van der Waals surface area contributed by atoms with Crippen molar-refractivity contribution in [3.05, 3.63) is 29.3 Å². The predicted molar refractivity (Wildman–Crippen MR) is 71.9 cm³/mol. The average Bonchev–Trinajstić information content (AvgIpc) is 2.93. The van der Waals surface area contributed by atoms with E-state index in [2.05, 4.69) is 21.2 Å². The summed E-state index contributed by atoms with van der Waals surface area (Å²) in [5, 5.41) is 3.62. The van der Waals surface area contributed by atoms with Gasteiger partial charge in [-0.05, 0) is 23.6 Å². The number of halogens is 1. The molecule has 1 N–H and O–H groups in total. The van der Waals surface area contributed by atoms with Gasteiger partial charge in [0.25, 0.3) is 5.91 Å². The lowest BCUT2D eigenvalue weighted by atomic mass is 10.1. The summed E-state index contributed by atoms with van der Waals surface area (Å²) in [7, 11) is 0. The van der Waals surface area contributed by atoms with Crippen molar-refractivity contribution in [1.29, 1.82) is 0 Å². The number of alkyl halides is 1.